The summed E-state index contributed by atoms with van der Waals surface area (Å²) >= 11 is 3.18. The zero-order chi connectivity index (χ0) is 18.6. The van der Waals surface area contributed by atoms with Crippen molar-refractivity contribution in [1.82, 2.24) is 24.7 Å². The minimum Gasteiger partial charge on any atom is -0.467 e. The first-order chi connectivity index (χ1) is 11.7. The van der Waals surface area contributed by atoms with E-state index in [1.165, 1.54) is 26.4 Å². The number of anilines is 2. The lowest BCUT2D eigenvalue weighted by Gasteiger charge is -2.17. The number of urea groups is 1. The molecular formula is C12H14BrN7O4S. The van der Waals surface area contributed by atoms with Crippen LogP contribution in [0.15, 0.2) is 22.8 Å². The van der Waals surface area contributed by atoms with Crippen molar-refractivity contribution in [2.45, 2.75) is 6.92 Å². The Hall–Kier alpha value is -2.54. The highest BCUT2D eigenvalue weighted by atomic mass is 79.9. The van der Waals surface area contributed by atoms with Crippen LogP contribution in [0.3, 0.4) is 0 Å². The van der Waals surface area contributed by atoms with Crippen molar-refractivity contribution < 1.29 is 17.9 Å². The zero-order valence-electron chi connectivity index (χ0n) is 13.4. The van der Waals surface area contributed by atoms with Crippen LogP contribution < -0.4 is 19.1 Å². The molecule has 0 aliphatic rings. The Morgan fingerprint density at radius 3 is 2.60 bits per heavy atom. The maximum Gasteiger partial charge on any atom is 0.339 e. The van der Waals surface area contributed by atoms with Crippen molar-refractivity contribution in [2.75, 3.05) is 23.8 Å². The minimum atomic E-state index is -4.20. The van der Waals surface area contributed by atoms with Gasteiger partial charge in [-0.1, -0.05) is 0 Å². The van der Waals surface area contributed by atoms with Gasteiger partial charge in [0.05, 0.1) is 7.11 Å². The second-order valence-electron chi connectivity index (χ2n) is 4.60. The molecule has 25 heavy (non-hydrogen) atoms. The molecule has 0 aromatic carbocycles. The summed E-state index contributed by atoms with van der Waals surface area (Å²) in [5.74, 6) is 0.282. The highest BCUT2D eigenvalue weighted by Gasteiger charge is 2.21. The minimum absolute atomic E-state index is 0.00203. The topological polar surface area (TPSA) is 139 Å². The van der Waals surface area contributed by atoms with Crippen molar-refractivity contribution in [2.24, 2.45) is 0 Å². The van der Waals surface area contributed by atoms with Gasteiger partial charge in [-0.05, 0) is 35.0 Å². The highest BCUT2D eigenvalue weighted by molar-refractivity contribution is 9.10. The van der Waals surface area contributed by atoms with Crippen molar-refractivity contribution in [1.29, 1.82) is 0 Å². The van der Waals surface area contributed by atoms with Gasteiger partial charge in [0.15, 0.2) is 0 Å². The van der Waals surface area contributed by atoms with Crippen LogP contribution in [-0.4, -0.2) is 48.5 Å². The van der Waals surface area contributed by atoms with E-state index in [1.807, 2.05) is 4.72 Å². The quantitative estimate of drug-likeness (QED) is 0.709. The molecule has 0 bridgehead atoms. The second kappa shape index (κ2) is 7.57. The van der Waals surface area contributed by atoms with E-state index < -0.39 is 16.2 Å². The molecule has 134 valence electrons. The third kappa shape index (κ3) is 5.22. The summed E-state index contributed by atoms with van der Waals surface area (Å²) in [5.41, 5.74) is 0. The molecule has 2 rings (SSSR count). The first-order valence-electron chi connectivity index (χ1n) is 6.66. The maximum atomic E-state index is 12.1. The van der Waals surface area contributed by atoms with Gasteiger partial charge in [0.25, 0.3) is 0 Å². The number of nitrogens with zero attached hydrogens (tertiary/aromatic N) is 5. The van der Waals surface area contributed by atoms with Gasteiger partial charge < -0.3 is 4.74 Å². The van der Waals surface area contributed by atoms with Gasteiger partial charge >= 0.3 is 22.3 Å². The fourth-order valence-corrected chi connectivity index (χ4v) is 2.61. The lowest BCUT2D eigenvalue weighted by Crippen LogP contribution is -2.44. The number of aromatic nitrogens is 4. The Balaban J connectivity index is 2.11. The molecule has 0 unspecified atom stereocenters. The predicted molar refractivity (Wildman–Crippen MR) is 92.5 cm³/mol. The van der Waals surface area contributed by atoms with Gasteiger partial charge in [-0.3, -0.25) is 9.62 Å². The van der Waals surface area contributed by atoms with Crippen LogP contribution in [0.2, 0.25) is 0 Å². The Bertz CT molecular complexity index is 876. The summed E-state index contributed by atoms with van der Waals surface area (Å²) in [5, 5.41) is 0. The van der Waals surface area contributed by atoms with E-state index in [9.17, 15) is 13.2 Å². The second-order valence-corrected chi connectivity index (χ2v) is 6.93. The zero-order valence-corrected chi connectivity index (χ0v) is 15.8. The van der Waals surface area contributed by atoms with Crippen LogP contribution in [0.1, 0.15) is 5.82 Å². The van der Waals surface area contributed by atoms with Crippen LogP contribution in [-0.2, 0) is 10.2 Å². The summed E-state index contributed by atoms with van der Waals surface area (Å²) in [7, 11) is -1.54. The molecule has 0 spiro atoms. The summed E-state index contributed by atoms with van der Waals surface area (Å²) in [6.45, 7) is 1.58. The molecule has 0 aliphatic carbocycles. The van der Waals surface area contributed by atoms with Gasteiger partial charge in [-0.25, -0.2) is 14.5 Å². The monoisotopic (exact) mass is 431 g/mol. The molecule has 0 atom stereocenters. The molecule has 0 radical (unpaired) electrons. The third-order valence-electron chi connectivity index (χ3n) is 2.69. The number of halogens is 1. The Morgan fingerprint density at radius 2 is 2.00 bits per heavy atom. The number of nitrogens with one attached hydrogen (secondary N) is 2. The first kappa shape index (κ1) is 18.8. The molecule has 2 aromatic heterocycles. The van der Waals surface area contributed by atoms with Crippen LogP contribution in [0.25, 0.3) is 0 Å². The third-order valence-corrected chi connectivity index (χ3v) is 4.08. The van der Waals surface area contributed by atoms with Crippen molar-refractivity contribution in [3.63, 3.8) is 0 Å². The molecular weight excluding hydrogens is 418 g/mol. The van der Waals surface area contributed by atoms with Gasteiger partial charge in [0.2, 0.25) is 5.95 Å². The molecule has 2 aromatic rings. The summed E-state index contributed by atoms with van der Waals surface area (Å²) in [4.78, 5) is 28.6. The fraction of sp³-hybridized carbons (Fsp3) is 0.250. The van der Waals surface area contributed by atoms with E-state index in [2.05, 4.69) is 40.6 Å². The average Bonchev–Trinajstić information content (AvgIpc) is 2.54. The number of amides is 2. The van der Waals surface area contributed by atoms with Gasteiger partial charge in [0.1, 0.15) is 11.6 Å². The number of hydrogen-bond donors (Lipinski definition) is 2. The summed E-state index contributed by atoms with van der Waals surface area (Å²) in [6, 6.07) is 2.05. The molecule has 0 saturated heterocycles. The lowest BCUT2D eigenvalue weighted by atomic mass is 10.5. The van der Waals surface area contributed by atoms with Crippen LogP contribution in [0, 0.1) is 6.92 Å². The average molecular weight is 432 g/mol. The van der Waals surface area contributed by atoms with Crippen molar-refractivity contribution in [3.8, 4) is 6.01 Å². The van der Waals surface area contributed by atoms with Crippen LogP contribution >= 0.6 is 15.9 Å². The lowest BCUT2D eigenvalue weighted by molar-refractivity contribution is 0.252. The predicted octanol–water partition coefficient (Wildman–Crippen LogP) is 0.849. The summed E-state index contributed by atoms with van der Waals surface area (Å²) < 4.78 is 33.6. The number of carbonyl (C=O) groups excluding carboxylic acids is 1. The SMILES string of the molecule is COc1nc(C)nc(N(C)C(=O)NS(=O)(=O)Nc2ccc(Br)cn2)n1. The molecule has 0 aliphatic heterocycles. The summed E-state index contributed by atoms with van der Waals surface area (Å²) in [6.07, 6.45) is 1.41. The molecule has 2 N–H and O–H groups in total. The Morgan fingerprint density at radius 1 is 1.28 bits per heavy atom. The normalized spacial score (nSPS) is 10.9. The maximum absolute atomic E-state index is 12.1. The van der Waals surface area contributed by atoms with E-state index in [0.717, 1.165) is 4.90 Å². The molecule has 2 amide bonds. The number of hydrogen-bond acceptors (Lipinski definition) is 8. The van der Waals surface area contributed by atoms with Gasteiger partial charge in [-0.2, -0.15) is 23.4 Å². The number of pyridine rings is 1. The van der Waals surface area contributed by atoms with E-state index in [4.69, 9.17) is 4.74 Å². The van der Waals surface area contributed by atoms with Crippen LogP contribution in [0.5, 0.6) is 6.01 Å². The van der Waals surface area contributed by atoms with E-state index in [-0.39, 0.29) is 17.8 Å². The number of ether oxygens (including phenoxy) is 1. The van der Waals surface area contributed by atoms with Crippen LogP contribution in [0.4, 0.5) is 16.6 Å². The number of aryl methyl sites for hydroxylation is 1. The molecule has 11 nitrogen and oxygen atoms in total. The Kier molecular flexibility index (Phi) is 5.69. The Labute approximate surface area is 152 Å². The highest BCUT2D eigenvalue weighted by Crippen LogP contribution is 2.12. The first-order valence-corrected chi connectivity index (χ1v) is 8.94. The van der Waals surface area contributed by atoms with E-state index >= 15 is 0 Å². The molecule has 0 fully saturated rings. The van der Waals surface area contributed by atoms with Gasteiger partial charge in [0, 0.05) is 17.7 Å². The smallest absolute Gasteiger partial charge is 0.339 e. The number of carbonyl (C=O) groups is 1. The molecule has 2 heterocycles. The number of methoxy groups -OCH3 is 1. The molecule has 0 saturated carbocycles. The van der Waals surface area contributed by atoms with E-state index in [0.29, 0.717) is 10.3 Å². The standard InChI is InChI=1S/C12H14BrN7O4S/c1-7-15-10(17-11(16-7)24-3)20(2)12(21)19-25(22,23)18-9-5-4-8(13)6-14-9/h4-6H,1-3H3,(H,14,18)(H,19,21). The van der Waals surface area contributed by atoms with E-state index in [1.54, 1.807) is 13.0 Å². The number of rotatable bonds is 5. The largest absolute Gasteiger partial charge is 0.467 e. The van der Waals surface area contributed by atoms with Crippen molar-refractivity contribution >= 4 is 43.9 Å². The van der Waals surface area contributed by atoms with Gasteiger partial charge in [-0.15, -0.1) is 0 Å². The molecule has 13 heteroatoms. The van der Waals surface area contributed by atoms with Crippen molar-refractivity contribution in [3.05, 3.63) is 28.6 Å². The fourth-order valence-electron chi connectivity index (χ4n) is 1.56.